The SMILES string of the molecule is CC(C)(C)c1cc(N2CCCC2)cc2sc3cc(=[N+]4CCC(C(=N)N)CC4)ccc-3nc12. The van der Waals surface area contributed by atoms with Crippen LogP contribution in [0.1, 0.15) is 52.0 Å². The van der Waals surface area contributed by atoms with E-state index in [0.29, 0.717) is 5.84 Å². The first-order valence-electron chi connectivity index (χ1n) is 11.9. The number of nitrogens with one attached hydrogen (secondary N) is 1. The minimum Gasteiger partial charge on any atom is -0.387 e. The molecule has 1 aromatic rings. The van der Waals surface area contributed by atoms with E-state index >= 15 is 0 Å². The number of amidine groups is 1. The van der Waals surface area contributed by atoms with Gasteiger partial charge in [-0.3, -0.25) is 5.41 Å². The molecule has 3 N–H and O–H groups in total. The zero-order valence-electron chi connectivity index (χ0n) is 19.4. The summed E-state index contributed by atoms with van der Waals surface area (Å²) in [6.45, 7) is 11.1. The third-order valence-electron chi connectivity index (χ3n) is 7.03. The van der Waals surface area contributed by atoms with Crippen molar-refractivity contribution in [2.75, 3.05) is 31.1 Å². The Bertz CT molecular complexity index is 1200. The van der Waals surface area contributed by atoms with Crippen molar-refractivity contribution in [2.24, 2.45) is 11.7 Å². The average molecular weight is 449 g/mol. The molecule has 0 spiro atoms. The molecule has 32 heavy (non-hydrogen) atoms. The van der Waals surface area contributed by atoms with Crippen LogP contribution in [-0.2, 0) is 5.41 Å². The molecular formula is C26H34N5S+. The highest BCUT2D eigenvalue weighted by atomic mass is 32.1. The van der Waals surface area contributed by atoms with Gasteiger partial charge in [-0.15, -0.1) is 11.3 Å². The van der Waals surface area contributed by atoms with Gasteiger partial charge in [0.05, 0.1) is 26.6 Å². The second-order valence-electron chi connectivity index (χ2n) is 10.4. The van der Waals surface area contributed by atoms with E-state index in [1.54, 1.807) is 0 Å². The van der Waals surface area contributed by atoms with Gasteiger partial charge < -0.3 is 10.6 Å². The highest BCUT2D eigenvalue weighted by Gasteiger charge is 2.25. The van der Waals surface area contributed by atoms with E-state index < -0.39 is 0 Å². The topological polar surface area (TPSA) is 69.0 Å². The van der Waals surface area contributed by atoms with Crippen LogP contribution >= 0.6 is 11.3 Å². The molecule has 1 aliphatic carbocycles. The van der Waals surface area contributed by atoms with Crippen molar-refractivity contribution in [3.63, 3.8) is 0 Å². The summed E-state index contributed by atoms with van der Waals surface area (Å²) in [7, 11) is 0. The Labute approximate surface area is 194 Å². The van der Waals surface area contributed by atoms with Crippen molar-refractivity contribution < 1.29 is 0 Å². The van der Waals surface area contributed by atoms with Crippen molar-refractivity contribution in [1.29, 1.82) is 5.41 Å². The molecule has 6 heteroatoms. The lowest BCUT2D eigenvalue weighted by molar-refractivity contribution is 0.400. The van der Waals surface area contributed by atoms with Gasteiger partial charge in [0, 0.05) is 49.7 Å². The minimum absolute atomic E-state index is 0.0440. The summed E-state index contributed by atoms with van der Waals surface area (Å²) in [6, 6.07) is 11.4. The second-order valence-corrected chi connectivity index (χ2v) is 11.5. The van der Waals surface area contributed by atoms with E-state index in [-0.39, 0.29) is 11.3 Å². The first-order valence-corrected chi connectivity index (χ1v) is 12.7. The van der Waals surface area contributed by atoms with E-state index in [4.69, 9.17) is 16.1 Å². The Hall–Kier alpha value is -2.47. The van der Waals surface area contributed by atoms with Gasteiger partial charge in [0.25, 0.3) is 0 Å². The monoisotopic (exact) mass is 448 g/mol. The summed E-state index contributed by atoms with van der Waals surface area (Å²) >= 11 is 1.87. The second kappa shape index (κ2) is 8.14. The van der Waals surface area contributed by atoms with E-state index in [9.17, 15) is 0 Å². The van der Waals surface area contributed by atoms with Crippen molar-refractivity contribution in [3.8, 4) is 10.6 Å². The number of rotatable bonds is 2. The Morgan fingerprint density at radius 1 is 1.12 bits per heavy atom. The molecular weight excluding hydrogens is 414 g/mol. The van der Waals surface area contributed by atoms with E-state index in [2.05, 4.69) is 60.6 Å². The fraction of sp³-hybridized carbons (Fsp3) is 0.500. The number of piperidine rings is 1. The molecule has 0 aromatic heterocycles. The summed E-state index contributed by atoms with van der Waals surface area (Å²) in [5, 5.41) is 8.99. The Morgan fingerprint density at radius 2 is 1.84 bits per heavy atom. The van der Waals surface area contributed by atoms with Crippen LogP contribution in [0.4, 0.5) is 5.69 Å². The van der Waals surface area contributed by atoms with Gasteiger partial charge in [-0.1, -0.05) is 20.8 Å². The van der Waals surface area contributed by atoms with Crippen LogP contribution in [0.15, 0.2) is 30.3 Å². The number of anilines is 1. The highest BCUT2D eigenvalue weighted by molar-refractivity contribution is 7.21. The van der Waals surface area contributed by atoms with E-state index in [1.807, 2.05) is 11.3 Å². The standard InChI is InChI=1S/C26H34N5S/c1-26(2,3)20-14-19(30-10-4-5-11-30)16-23-24(20)29-21-7-6-18(15-22(21)32-23)31-12-8-17(9-13-31)25(27)28/h6-7,14-17H,4-5,8-13H2,1-3H3,(H3,27,28)/q+1. The van der Waals surface area contributed by atoms with Crippen LogP contribution in [0.2, 0.25) is 0 Å². The summed E-state index contributed by atoms with van der Waals surface area (Å²) in [4.78, 5) is 8.93. The zero-order valence-corrected chi connectivity index (χ0v) is 20.3. The third-order valence-corrected chi connectivity index (χ3v) is 8.11. The largest absolute Gasteiger partial charge is 0.387 e. The summed E-state index contributed by atoms with van der Waals surface area (Å²) < 4.78 is 3.70. The Balaban J connectivity index is 1.63. The van der Waals surface area contributed by atoms with Crippen LogP contribution in [0.5, 0.6) is 0 Å². The number of aromatic nitrogens is 1. The van der Waals surface area contributed by atoms with Gasteiger partial charge in [-0.05, 0) is 42.0 Å². The number of benzene rings is 2. The Kier molecular flexibility index (Phi) is 5.44. The molecule has 0 atom stereocenters. The van der Waals surface area contributed by atoms with Crippen LogP contribution in [0.25, 0.3) is 20.8 Å². The number of nitrogens with two attached hydrogens (primary N) is 1. The van der Waals surface area contributed by atoms with E-state index in [1.165, 1.54) is 39.0 Å². The first kappa shape index (κ1) is 21.4. The normalized spacial score (nSPS) is 19.8. The van der Waals surface area contributed by atoms with Crippen LogP contribution in [-0.4, -0.2) is 37.0 Å². The van der Waals surface area contributed by atoms with Crippen LogP contribution in [0.3, 0.4) is 0 Å². The maximum Gasteiger partial charge on any atom is 0.201 e. The molecule has 4 aliphatic rings. The number of fused-ring (bicyclic) bond motifs is 2. The molecule has 2 saturated heterocycles. The minimum atomic E-state index is 0.0440. The van der Waals surface area contributed by atoms with Gasteiger partial charge >= 0.3 is 0 Å². The molecule has 0 radical (unpaired) electrons. The fourth-order valence-corrected chi connectivity index (χ4v) is 6.14. The van der Waals surface area contributed by atoms with Crippen molar-refractivity contribution >= 4 is 33.1 Å². The molecule has 2 fully saturated rings. The number of hydrogen-bond acceptors (Lipinski definition) is 4. The zero-order chi connectivity index (χ0) is 22.5. The summed E-state index contributed by atoms with van der Waals surface area (Å²) in [5.41, 5.74) is 10.7. The maximum absolute atomic E-state index is 7.73. The molecule has 3 aliphatic heterocycles. The number of hydrogen-bond donors (Lipinski definition) is 2. The molecule has 5 rings (SSSR count). The van der Waals surface area contributed by atoms with Gasteiger partial charge in [0.1, 0.15) is 13.1 Å². The van der Waals surface area contributed by atoms with Gasteiger partial charge in [0.2, 0.25) is 5.36 Å². The molecule has 5 nitrogen and oxygen atoms in total. The summed E-state index contributed by atoms with van der Waals surface area (Å²) in [6.07, 6.45) is 4.49. The van der Waals surface area contributed by atoms with Gasteiger partial charge in [-0.25, -0.2) is 9.56 Å². The molecule has 0 unspecified atom stereocenters. The predicted molar refractivity (Wildman–Crippen MR) is 136 cm³/mol. The quantitative estimate of drug-likeness (QED) is 0.264. The lowest BCUT2D eigenvalue weighted by Crippen LogP contribution is -2.40. The maximum atomic E-state index is 7.73. The Morgan fingerprint density at radius 3 is 2.50 bits per heavy atom. The average Bonchev–Trinajstić information content (AvgIpc) is 3.31. The number of nitrogens with zero attached hydrogens (tertiary/aromatic N) is 3. The third kappa shape index (κ3) is 4.01. The highest BCUT2D eigenvalue weighted by Crippen LogP contribution is 2.39. The molecule has 3 heterocycles. The van der Waals surface area contributed by atoms with Crippen LogP contribution < -0.4 is 20.6 Å². The van der Waals surface area contributed by atoms with Crippen LogP contribution in [0, 0.1) is 11.3 Å². The molecule has 1 aromatic carbocycles. The molecule has 0 amide bonds. The molecule has 0 saturated carbocycles. The molecule has 168 valence electrons. The van der Waals surface area contributed by atoms with Crippen molar-refractivity contribution in [2.45, 2.75) is 51.9 Å². The fourth-order valence-electron chi connectivity index (χ4n) is 5.08. The lowest BCUT2D eigenvalue weighted by atomic mass is 9.86. The van der Waals surface area contributed by atoms with E-state index in [0.717, 1.165) is 50.2 Å². The molecule has 0 bridgehead atoms. The van der Waals surface area contributed by atoms with Gasteiger partial charge in [-0.2, -0.15) is 0 Å². The smallest absolute Gasteiger partial charge is 0.201 e. The van der Waals surface area contributed by atoms with Gasteiger partial charge in [0.15, 0.2) is 0 Å². The predicted octanol–water partition coefficient (Wildman–Crippen LogP) is 4.42. The summed E-state index contributed by atoms with van der Waals surface area (Å²) in [5.74, 6) is 0.574. The van der Waals surface area contributed by atoms with Crippen molar-refractivity contribution in [3.05, 3.63) is 41.3 Å². The first-order chi connectivity index (χ1) is 15.3. The lowest BCUT2D eigenvalue weighted by Gasteiger charge is -2.25. The van der Waals surface area contributed by atoms with Crippen molar-refractivity contribution in [1.82, 2.24) is 9.56 Å².